The van der Waals surface area contributed by atoms with Gasteiger partial charge in [-0.15, -0.1) is 13.2 Å². The molecule has 0 atom stereocenters. The van der Waals surface area contributed by atoms with Gasteiger partial charge < -0.3 is 14.5 Å². The molecule has 0 fully saturated rings. The summed E-state index contributed by atoms with van der Waals surface area (Å²) in [4.78, 5) is 13.1. The molecule has 0 bridgehead atoms. The summed E-state index contributed by atoms with van der Waals surface area (Å²) in [6.07, 6.45) is -7.76. The Morgan fingerprint density at radius 2 is 1.94 bits per heavy atom. The van der Waals surface area contributed by atoms with Crippen LogP contribution in [0.15, 0.2) is 11.0 Å². The van der Waals surface area contributed by atoms with Gasteiger partial charge in [-0.1, -0.05) is 0 Å². The Hall–Kier alpha value is -1.80. The zero-order valence-corrected chi connectivity index (χ0v) is 8.27. The molecule has 0 saturated heterocycles. The van der Waals surface area contributed by atoms with Crippen molar-refractivity contribution >= 4 is 0 Å². The third-order valence-corrected chi connectivity index (χ3v) is 1.69. The monoisotopic (exact) mass is 259 g/mol. The van der Waals surface area contributed by atoms with E-state index in [2.05, 4.69) is 9.47 Å². The molecule has 0 aliphatic carbocycles. The Morgan fingerprint density at radius 3 is 2.35 bits per heavy atom. The maximum atomic E-state index is 12.3. The van der Waals surface area contributed by atoms with E-state index in [1.165, 1.54) is 0 Å². The van der Waals surface area contributed by atoms with E-state index in [-0.39, 0.29) is 0 Å². The second kappa shape index (κ2) is 4.60. The van der Waals surface area contributed by atoms with Gasteiger partial charge in [0.1, 0.15) is 0 Å². The summed E-state index contributed by atoms with van der Waals surface area (Å²) in [6.45, 7) is 0. The van der Waals surface area contributed by atoms with Crippen LogP contribution in [0.1, 0.15) is 12.0 Å². The highest BCUT2D eigenvalue weighted by molar-refractivity contribution is 5.37. The van der Waals surface area contributed by atoms with E-state index in [9.17, 15) is 26.7 Å². The van der Waals surface area contributed by atoms with Gasteiger partial charge in [-0.05, 0) is 0 Å². The summed E-state index contributed by atoms with van der Waals surface area (Å²) in [6, 6.07) is 0. The molecule has 17 heavy (non-hydrogen) atoms. The molecular weight excluding hydrogens is 253 g/mol. The summed E-state index contributed by atoms with van der Waals surface area (Å²) in [5, 5.41) is 0. The Kier molecular flexibility index (Phi) is 3.59. The second-order valence-electron chi connectivity index (χ2n) is 2.78. The largest absolute Gasteiger partial charge is 0.574 e. The normalized spacial score (nSPS) is 11.7. The van der Waals surface area contributed by atoms with E-state index in [0.29, 0.717) is 6.20 Å². The smallest absolute Gasteiger partial charge is 0.488 e. The minimum atomic E-state index is -5.07. The van der Waals surface area contributed by atoms with Gasteiger partial charge in [-0.3, -0.25) is 4.79 Å². The molecule has 9 heteroatoms. The second-order valence-corrected chi connectivity index (χ2v) is 2.78. The third-order valence-electron chi connectivity index (χ3n) is 1.69. The molecule has 1 heterocycles. The van der Waals surface area contributed by atoms with Crippen LogP contribution < -0.4 is 14.9 Å². The lowest BCUT2D eigenvalue weighted by molar-refractivity contribution is -0.276. The van der Waals surface area contributed by atoms with E-state index >= 15 is 0 Å². The highest BCUT2D eigenvalue weighted by Crippen LogP contribution is 2.28. The molecule has 1 aromatic rings. The van der Waals surface area contributed by atoms with Crippen LogP contribution in [0.5, 0.6) is 11.6 Å². The molecule has 96 valence electrons. The van der Waals surface area contributed by atoms with Crippen LogP contribution in [0.2, 0.25) is 0 Å². The van der Waals surface area contributed by atoms with Crippen molar-refractivity contribution in [1.29, 1.82) is 0 Å². The van der Waals surface area contributed by atoms with Gasteiger partial charge in [0.05, 0.1) is 12.7 Å². The Bertz CT molecular complexity index is 453. The molecule has 1 N–H and O–H groups in total. The van der Waals surface area contributed by atoms with Crippen LogP contribution in [0.25, 0.3) is 0 Å². The minimum Gasteiger partial charge on any atom is -0.488 e. The van der Waals surface area contributed by atoms with Crippen LogP contribution in [0, 0.1) is 0 Å². The van der Waals surface area contributed by atoms with Crippen molar-refractivity contribution < 1.29 is 31.4 Å². The van der Waals surface area contributed by atoms with Gasteiger partial charge in [0, 0.05) is 6.20 Å². The number of pyridine rings is 1. The van der Waals surface area contributed by atoms with Crippen molar-refractivity contribution in [3.8, 4) is 11.6 Å². The number of ether oxygens (including phenoxy) is 2. The standard InChI is InChI=1S/C8H6F5NO3/c1-16-5-4(15)3(6(9)10)2-14-7(5)17-8(11,12)13/h2,6H,1H3,(H,14,15). The van der Waals surface area contributed by atoms with Gasteiger partial charge in [-0.25, -0.2) is 8.78 Å². The van der Waals surface area contributed by atoms with Crippen LogP contribution in [0.4, 0.5) is 22.0 Å². The third kappa shape index (κ3) is 3.08. The number of methoxy groups -OCH3 is 1. The molecule has 0 aliphatic rings. The molecule has 0 amide bonds. The SMILES string of the molecule is COc1c(OC(F)(F)F)[nH]cc(C(F)F)c1=O. The fourth-order valence-corrected chi connectivity index (χ4v) is 1.05. The predicted molar refractivity (Wildman–Crippen MR) is 45.3 cm³/mol. The topological polar surface area (TPSA) is 51.3 Å². The summed E-state index contributed by atoms with van der Waals surface area (Å²) < 4.78 is 68.0. The number of nitrogens with one attached hydrogen (secondary N) is 1. The maximum Gasteiger partial charge on any atom is 0.574 e. The number of aromatic amines is 1. The number of alkyl halides is 5. The number of hydrogen-bond donors (Lipinski definition) is 1. The lowest BCUT2D eigenvalue weighted by Crippen LogP contribution is -2.22. The van der Waals surface area contributed by atoms with E-state index in [0.717, 1.165) is 7.11 Å². The molecule has 1 rings (SSSR count). The van der Waals surface area contributed by atoms with Gasteiger partial charge in [0.25, 0.3) is 6.43 Å². The van der Waals surface area contributed by atoms with E-state index in [1.807, 2.05) is 0 Å². The number of H-pyrrole nitrogens is 1. The number of rotatable bonds is 3. The Morgan fingerprint density at radius 1 is 1.35 bits per heavy atom. The average Bonchev–Trinajstić information content (AvgIpc) is 2.15. The predicted octanol–water partition coefficient (Wildman–Crippen LogP) is 2.22. The lowest BCUT2D eigenvalue weighted by Gasteiger charge is -2.12. The van der Waals surface area contributed by atoms with Gasteiger partial charge in [0.2, 0.25) is 17.1 Å². The van der Waals surface area contributed by atoms with Gasteiger partial charge in [0.15, 0.2) is 0 Å². The molecule has 4 nitrogen and oxygen atoms in total. The first kappa shape index (κ1) is 13.3. The highest BCUT2D eigenvalue weighted by Gasteiger charge is 2.34. The quantitative estimate of drug-likeness (QED) is 0.847. The van der Waals surface area contributed by atoms with E-state index in [1.54, 1.807) is 4.98 Å². The summed E-state index contributed by atoms with van der Waals surface area (Å²) in [5.74, 6) is -2.03. The fourth-order valence-electron chi connectivity index (χ4n) is 1.05. The zero-order valence-electron chi connectivity index (χ0n) is 8.27. The lowest BCUT2D eigenvalue weighted by atomic mass is 10.2. The van der Waals surface area contributed by atoms with Crippen LogP contribution in [0.3, 0.4) is 0 Å². The van der Waals surface area contributed by atoms with Crippen molar-refractivity contribution in [1.82, 2.24) is 4.98 Å². The average molecular weight is 259 g/mol. The summed E-state index contributed by atoms with van der Waals surface area (Å²) in [7, 11) is 0.864. The highest BCUT2D eigenvalue weighted by atomic mass is 19.4. The zero-order chi connectivity index (χ0) is 13.2. The number of halogens is 5. The number of hydrogen-bond acceptors (Lipinski definition) is 3. The maximum absolute atomic E-state index is 12.3. The molecule has 0 unspecified atom stereocenters. The first-order valence-electron chi connectivity index (χ1n) is 4.09. The van der Waals surface area contributed by atoms with Crippen molar-refractivity contribution in [3.05, 3.63) is 22.0 Å². The molecule has 0 radical (unpaired) electrons. The van der Waals surface area contributed by atoms with Crippen molar-refractivity contribution in [3.63, 3.8) is 0 Å². The molecule has 0 aromatic carbocycles. The van der Waals surface area contributed by atoms with E-state index in [4.69, 9.17) is 0 Å². The summed E-state index contributed by atoms with van der Waals surface area (Å²) >= 11 is 0. The van der Waals surface area contributed by atoms with Crippen LogP contribution in [-0.4, -0.2) is 18.5 Å². The van der Waals surface area contributed by atoms with Crippen molar-refractivity contribution in [2.45, 2.75) is 12.8 Å². The van der Waals surface area contributed by atoms with Gasteiger partial charge >= 0.3 is 6.36 Å². The first-order valence-corrected chi connectivity index (χ1v) is 4.09. The molecule has 0 spiro atoms. The molecule has 0 saturated carbocycles. The molecular formula is C8H6F5NO3. The first-order chi connectivity index (χ1) is 7.76. The van der Waals surface area contributed by atoms with Crippen molar-refractivity contribution in [2.75, 3.05) is 7.11 Å². The Balaban J connectivity index is 3.27. The van der Waals surface area contributed by atoms with E-state index < -0.39 is 35.4 Å². The number of aromatic nitrogens is 1. The van der Waals surface area contributed by atoms with Crippen molar-refractivity contribution in [2.24, 2.45) is 0 Å². The molecule has 0 aliphatic heterocycles. The fraction of sp³-hybridized carbons (Fsp3) is 0.375. The van der Waals surface area contributed by atoms with Crippen LogP contribution >= 0.6 is 0 Å². The Labute approximate surface area is 91.0 Å². The van der Waals surface area contributed by atoms with Gasteiger partial charge in [-0.2, -0.15) is 0 Å². The summed E-state index contributed by atoms with van der Waals surface area (Å²) in [5.41, 5.74) is -2.36. The minimum absolute atomic E-state index is 0.441. The van der Waals surface area contributed by atoms with Crippen LogP contribution in [-0.2, 0) is 0 Å². The molecule has 1 aromatic heterocycles.